The summed E-state index contributed by atoms with van der Waals surface area (Å²) in [4.78, 5) is 9.33. The first kappa shape index (κ1) is 19.6. The number of fused-ring (bicyclic) bond motifs is 1. The Morgan fingerprint density at radius 2 is 1.62 bits per heavy atom. The van der Waals surface area contributed by atoms with Crippen LogP contribution in [0.1, 0.15) is 12.5 Å². The third-order valence-corrected chi connectivity index (χ3v) is 5.36. The lowest BCUT2D eigenvalue weighted by molar-refractivity contribution is 1.18. The molecule has 0 atom stereocenters. The summed E-state index contributed by atoms with van der Waals surface area (Å²) in [5.74, 6) is 1.13. The fourth-order valence-corrected chi connectivity index (χ4v) is 3.24. The fraction of sp³-hybridized carbons (Fsp3) is 0.0455. The summed E-state index contributed by atoms with van der Waals surface area (Å²) in [5.41, 5.74) is 6.42. The first-order chi connectivity index (χ1) is 14.0. The first-order valence-electron chi connectivity index (χ1n) is 8.80. The van der Waals surface area contributed by atoms with Crippen LogP contribution in [0.2, 0.25) is 15.1 Å². The molecule has 0 unspecified atom stereocenters. The number of anilines is 1. The van der Waals surface area contributed by atoms with Gasteiger partial charge in [0.2, 0.25) is 0 Å². The van der Waals surface area contributed by atoms with Gasteiger partial charge in [-0.05, 0) is 55.0 Å². The van der Waals surface area contributed by atoms with E-state index >= 15 is 0 Å². The molecule has 3 aromatic carbocycles. The topological polar surface area (TPSA) is 50.2 Å². The Bertz CT molecular complexity index is 1220. The molecule has 0 aliphatic heterocycles. The van der Waals surface area contributed by atoms with Crippen LogP contribution in [0, 0.1) is 0 Å². The van der Waals surface area contributed by atoms with Crippen molar-refractivity contribution in [2.45, 2.75) is 6.92 Å². The number of halogens is 3. The Morgan fingerprint density at radius 1 is 0.862 bits per heavy atom. The number of hydrogen-bond acceptors (Lipinski definition) is 4. The molecule has 4 nitrogen and oxygen atoms in total. The van der Waals surface area contributed by atoms with Crippen molar-refractivity contribution in [3.8, 4) is 11.4 Å². The number of nitrogens with one attached hydrogen (secondary N) is 1. The van der Waals surface area contributed by atoms with Crippen molar-refractivity contribution in [2.24, 2.45) is 5.10 Å². The van der Waals surface area contributed by atoms with Crippen LogP contribution in [-0.2, 0) is 0 Å². The van der Waals surface area contributed by atoms with Crippen LogP contribution >= 0.6 is 34.8 Å². The third-order valence-electron chi connectivity index (χ3n) is 4.37. The molecule has 1 heterocycles. The average molecular weight is 442 g/mol. The minimum absolute atomic E-state index is 0.451. The van der Waals surface area contributed by atoms with E-state index in [4.69, 9.17) is 34.8 Å². The highest BCUT2D eigenvalue weighted by Crippen LogP contribution is 2.29. The minimum atomic E-state index is 0.451. The van der Waals surface area contributed by atoms with Crippen molar-refractivity contribution >= 4 is 57.2 Å². The first-order valence-corrected chi connectivity index (χ1v) is 9.93. The van der Waals surface area contributed by atoms with Crippen LogP contribution < -0.4 is 5.43 Å². The zero-order valence-electron chi connectivity index (χ0n) is 15.3. The van der Waals surface area contributed by atoms with E-state index in [2.05, 4.69) is 20.5 Å². The van der Waals surface area contributed by atoms with E-state index in [1.807, 2.05) is 61.5 Å². The Hall–Kier alpha value is -2.66. The highest BCUT2D eigenvalue weighted by atomic mass is 35.5. The van der Waals surface area contributed by atoms with E-state index in [9.17, 15) is 0 Å². The van der Waals surface area contributed by atoms with Gasteiger partial charge in [-0.2, -0.15) is 5.10 Å². The van der Waals surface area contributed by atoms with Crippen LogP contribution in [0.3, 0.4) is 0 Å². The molecule has 4 aromatic rings. The quantitative estimate of drug-likeness (QED) is 0.271. The van der Waals surface area contributed by atoms with Crippen LogP contribution in [0.4, 0.5) is 5.82 Å². The average Bonchev–Trinajstić information content (AvgIpc) is 2.74. The van der Waals surface area contributed by atoms with Crippen LogP contribution in [0.5, 0.6) is 0 Å². The van der Waals surface area contributed by atoms with Gasteiger partial charge >= 0.3 is 0 Å². The molecule has 0 aliphatic rings. The summed E-state index contributed by atoms with van der Waals surface area (Å²) in [7, 11) is 0. The van der Waals surface area contributed by atoms with E-state index in [-0.39, 0.29) is 0 Å². The van der Waals surface area contributed by atoms with Gasteiger partial charge in [0.15, 0.2) is 11.6 Å². The second-order valence-corrected chi connectivity index (χ2v) is 7.61. The van der Waals surface area contributed by atoms with Gasteiger partial charge in [0.1, 0.15) is 0 Å². The standard InChI is InChI=1S/C22H15Cl3N4/c1-13(14-6-9-16(23)10-7-14)28-29-22-17-4-2-3-5-20(17)26-21(27-22)15-8-11-18(24)19(25)12-15/h2-12H,1H3,(H,26,27,29). The fourth-order valence-electron chi connectivity index (χ4n) is 2.82. The van der Waals surface area contributed by atoms with E-state index in [1.165, 1.54) is 0 Å². The van der Waals surface area contributed by atoms with Crippen LogP contribution in [0.15, 0.2) is 71.8 Å². The molecule has 1 N–H and O–H groups in total. The number of nitrogens with zero attached hydrogens (tertiary/aromatic N) is 3. The highest BCUT2D eigenvalue weighted by Gasteiger charge is 2.11. The van der Waals surface area contributed by atoms with Crippen molar-refractivity contribution in [3.63, 3.8) is 0 Å². The molecule has 7 heteroatoms. The van der Waals surface area contributed by atoms with Crippen LogP contribution in [-0.4, -0.2) is 15.7 Å². The van der Waals surface area contributed by atoms with Gasteiger partial charge in [-0.15, -0.1) is 0 Å². The Kier molecular flexibility index (Phi) is 5.67. The smallest absolute Gasteiger partial charge is 0.162 e. The number of hydrazone groups is 1. The summed E-state index contributed by atoms with van der Waals surface area (Å²) in [5, 5.41) is 6.98. The van der Waals surface area contributed by atoms with Gasteiger partial charge in [0.25, 0.3) is 0 Å². The van der Waals surface area contributed by atoms with Gasteiger partial charge in [-0.3, -0.25) is 5.43 Å². The molecule has 0 amide bonds. The third kappa shape index (κ3) is 4.35. The number of para-hydroxylation sites is 1. The lowest BCUT2D eigenvalue weighted by Crippen LogP contribution is -2.03. The number of hydrogen-bond donors (Lipinski definition) is 1. The molecule has 4 rings (SSSR count). The number of aromatic nitrogens is 2. The summed E-state index contributed by atoms with van der Waals surface area (Å²) in [6, 6.07) is 20.6. The van der Waals surface area contributed by atoms with Gasteiger partial charge in [-0.1, -0.05) is 59.1 Å². The monoisotopic (exact) mass is 440 g/mol. The van der Waals surface area contributed by atoms with E-state index in [0.717, 1.165) is 27.7 Å². The molecule has 0 aliphatic carbocycles. The predicted molar refractivity (Wildman–Crippen MR) is 122 cm³/mol. The molecule has 29 heavy (non-hydrogen) atoms. The van der Waals surface area contributed by atoms with Gasteiger partial charge in [0.05, 0.1) is 21.3 Å². The van der Waals surface area contributed by atoms with Crippen molar-refractivity contribution < 1.29 is 0 Å². The molecule has 0 saturated heterocycles. The largest absolute Gasteiger partial charge is 0.260 e. The molecule has 1 aromatic heterocycles. The van der Waals surface area contributed by atoms with E-state index in [1.54, 1.807) is 12.1 Å². The predicted octanol–water partition coefficient (Wildman–Crippen LogP) is 7.09. The summed E-state index contributed by atoms with van der Waals surface area (Å²) < 4.78 is 0. The Balaban J connectivity index is 1.75. The zero-order chi connectivity index (χ0) is 20.4. The normalized spacial score (nSPS) is 11.7. The molecule has 144 valence electrons. The maximum absolute atomic E-state index is 6.17. The van der Waals surface area contributed by atoms with Crippen molar-refractivity contribution in [1.82, 2.24) is 9.97 Å². The van der Waals surface area contributed by atoms with Gasteiger partial charge in [-0.25, -0.2) is 9.97 Å². The Morgan fingerprint density at radius 3 is 2.38 bits per heavy atom. The minimum Gasteiger partial charge on any atom is -0.260 e. The Labute approximate surface area is 183 Å². The van der Waals surface area contributed by atoms with Crippen molar-refractivity contribution in [2.75, 3.05) is 5.43 Å². The lowest BCUT2D eigenvalue weighted by Gasteiger charge is -2.10. The summed E-state index contributed by atoms with van der Waals surface area (Å²) in [6.45, 7) is 1.92. The van der Waals surface area contributed by atoms with E-state index < -0.39 is 0 Å². The highest BCUT2D eigenvalue weighted by molar-refractivity contribution is 6.42. The maximum Gasteiger partial charge on any atom is 0.162 e. The lowest BCUT2D eigenvalue weighted by atomic mass is 10.1. The zero-order valence-corrected chi connectivity index (χ0v) is 17.6. The molecule has 0 bridgehead atoms. The van der Waals surface area contributed by atoms with E-state index in [0.29, 0.717) is 26.7 Å². The molecule has 0 saturated carbocycles. The number of benzene rings is 3. The molecule has 0 radical (unpaired) electrons. The summed E-state index contributed by atoms with van der Waals surface area (Å²) in [6.07, 6.45) is 0. The molecular formula is C22H15Cl3N4. The van der Waals surface area contributed by atoms with Crippen molar-refractivity contribution in [3.05, 3.63) is 87.4 Å². The molecule has 0 fully saturated rings. The van der Waals surface area contributed by atoms with Crippen LogP contribution in [0.25, 0.3) is 22.3 Å². The maximum atomic E-state index is 6.17. The molecular weight excluding hydrogens is 427 g/mol. The number of rotatable bonds is 4. The summed E-state index contributed by atoms with van der Waals surface area (Å²) >= 11 is 18.2. The molecule has 0 spiro atoms. The van der Waals surface area contributed by atoms with Gasteiger partial charge in [0, 0.05) is 16.0 Å². The second-order valence-electron chi connectivity index (χ2n) is 6.36. The van der Waals surface area contributed by atoms with Gasteiger partial charge < -0.3 is 0 Å². The van der Waals surface area contributed by atoms with Crippen molar-refractivity contribution in [1.29, 1.82) is 0 Å². The second kappa shape index (κ2) is 8.37. The SMILES string of the molecule is CC(=NNc1nc(-c2ccc(Cl)c(Cl)c2)nc2ccccc12)c1ccc(Cl)cc1.